The van der Waals surface area contributed by atoms with Gasteiger partial charge in [0.05, 0.1) is 5.69 Å². The lowest BCUT2D eigenvalue weighted by molar-refractivity contribution is -0.119. The Labute approximate surface area is 120 Å². The van der Waals surface area contributed by atoms with Crippen LogP contribution in [0.1, 0.15) is 29.1 Å². The number of nitrogens with zero attached hydrogens (tertiary/aromatic N) is 3. The summed E-state index contributed by atoms with van der Waals surface area (Å²) in [6.45, 7) is 3.37. The highest BCUT2D eigenvalue weighted by Gasteiger charge is 2.20. The lowest BCUT2D eigenvalue weighted by atomic mass is 10.2. The number of hydrogen-bond acceptors (Lipinski definition) is 4. The van der Waals surface area contributed by atoms with Crippen molar-refractivity contribution in [3.05, 3.63) is 40.7 Å². The molecule has 0 saturated heterocycles. The van der Waals surface area contributed by atoms with Crippen molar-refractivity contribution in [1.29, 1.82) is 0 Å². The number of hydrogen-bond donors (Lipinski definition) is 1. The maximum Gasteiger partial charge on any atom is 0.249 e. The van der Waals surface area contributed by atoms with Gasteiger partial charge in [-0.05, 0) is 38.1 Å². The SMILES string of the molecule is Cc1c(C=O)nnn1C(C)C(=O)Nc1ccc(Cl)cc1. The Balaban J connectivity index is 2.14. The van der Waals surface area contributed by atoms with E-state index in [9.17, 15) is 9.59 Å². The van der Waals surface area contributed by atoms with Crippen molar-refractivity contribution in [3.8, 4) is 0 Å². The van der Waals surface area contributed by atoms with Crippen LogP contribution in [0.25, 0.3) is 0 Å². The van der Waals surface area contributed by atoms with Gasteiger partial charge in [0.25, 0.3) is 0 Å². The van der Waals surface area contributed by atoms with Crippen molar-refractivity contribution < 1.29 is 9.59 Å². The van der Waals surface area contributed by atoms with E-state index in [-0.39, 0.29) is 11.6 Å². The van der Waals surface area contributed by atoms with E-state index in [1.807, 2.05) is 0 Å². The molecule has 0 fully saturated rings. The first kappa shape index (κ1) is 14.2. The first-order chi connectivity index (χ1) is 9.52. The summed E-state index contributed by atoms with van der Waals surface area (Å²) in [5.74, 6) is -0.252. The molecular weight excluding hydrogens is 280 g/mol. The Morgan fingerprint density at radius 2 is 2.05 bits per heavy atom. The number of benzene rings is 1. The van der Waals surface area contributed by atoms with Gasteiger partial charge in [0.2, 0.25) is 5.91 Å². The zero-order valence-corrected chi connectivity index (χ0v) is 11.8. The average Bonchev–Trinajstić information content (AvgIpc) is 2.81. The molecule has 0 saturated carbocycles. The molecule has 2 aromatic rings. The summed E-state index contributed by atoms with van der Waals surface area (Å²) in [5.41, 5.74) is 1.43. The Kier molecular flexibility index (Phi) is 4.14. The highest BCUT2D eigenvalue weighted by Crippen LogP contribution is 2.16. The predicted molar refractivity (Wildman–Crippen MR) is 74.9 cm³/mol. The number of rotatable bonds is 4. The van der Waals surface area contributed by atoms with Gasteiger partial charge < -0.3 is 5.32 Å². The molecule has 1 aromatic carbocycles. The second-order valence-electron chi connectivity index (χ2n) is 4.29. The molecule has 104 valence electrons. The summed E-state index contributed by atoms with van der Waals surface area (Å²) in [6.07, 6.45) is 0.614. The highest BCUT2D eigenvalue weighted by molar-refractivity contribution is 6.30. The fraction of sp³-hybridized carbons (Fsp3) is 0.231. The van der Waals surface area contributed by atoms with Gasteiger partial charge in [-0.1, -0.05) is 16.8 Å². The van der Waals surface area contributed by atoms with E-state index in [4.69, 9.17) is 11.6 Å². The monoisotopic (exact) mass is 292 g/mol. The first-order valence-electron chi connectivity index (χ1n) is 5.96. The van der Waals surface area contributed by atoms with E-state index in [1.54, 1.807) is 38.1 Å². The Bertz CT molecular complexity index is 636. The minimum Gasteiger partial charge on any atom is -0.324 e. The lowest BCUT2D eigenvalue weighted by Crippen LogP contribution is -2.25. The van der Waals surface area contributed by atoms with Gasteiger partial charge in [-0.25, -0.2) is 4.68 Å². The topological polar surface area (TPSA) is 76.9 Å². The molecule has 0 aliphatic carbocycles. The smallest absolute Gasteiger partial charge is 0.249 e. The Morgan fingerprint density at radius 3 is 2.60 bits per heavy atom. The number of aldehydes is 1. The number of amides is 1. The van der Waals surface area contributed by atoms with Crippen molar-refractivity contribution >= 4 is 29.5 Å². The van der Waals surface area contributed by atoms with Gasteiger partial charge in [0, 0.05) is 10.7 Å². The number of anilines is 1. The van der Waals surface area contributed by atoms with Crippen LogP contribution in [0.15, 0.2) is 24.3 Å². The van der Waals surface area contributed by atoms with E-state index in [2.05, 4.69) is 15.6 Å². The fourth-order valence-corrected chi connectivity index (χ4v) is 1.85. The molecule has 0 radical (unpaired) electrons. The van der Waals surface area contributed by atoms with Crippen LogP contribution >= 0.6 is 11.6 Å². The maximum atomic E-state index is 12.1. The van der Waals surface area contributed by atoms with Gasteiger partial charge in [-0.3, -0.25) is 9.59 Å². The number of carbonyl (C=O) groups excluding carboxylic acids is 2. The van der Waals surface area contributed by atoms with Gasteiger partial charge in [-0.2, -0.15) is 0 Å². The van der Waals surface area contributed by atoms with Crippen molar-refractivity contribution in [2.24, 2.45) is 0 Å². The summed E-state index contributed by atoms with van der Waals surface area (Å²) in [5, 5.41) is 10.9. The van der Waals surface area contributed by atoms with Crippen molar-refractivity contribution in [3.63, 3.8) is 0 Å². The zero-order chi connectivity index (χ0) is 14.7. The lowest BCUT2D eigenvalue weighted by Gasteiger charge is -2.13. The molecule has 1 aromatic heterocycles. The predicted octanol–water partition coefficient (Wildman–Crippen LogP) is 2.25. The summed E-state index contributed by atoms with van der Waals surface area (Å²) >= 11 is 5.78. The van der Waals surface area contributed by atoms with Gasteiger partial charge in [-0.15, -0.1) is 5.10 Å². The van der Waals surface area contributed by atoms with Crippen LogP contribution in [-0.2, 0) is 4.79 Å². The molecule has 1 atom stereocenters. The van der Waals surface area contributed by atoms with Crippen LogP contribution in [0.3, 0.4) is 0 Å². The molecule has 0 bridgehead atoms. The number of aromatic nitrogens is 3. The number of halogens is 1. The summed E-state index contributed by atoms with van der Waals surface area (Å²) in [4.78, 5) is 22.9. The van der Waals surface area contributed by atoms with Gasteiger partial charge >= 0.3 is 0 Å². The second-order valence-corrected chi connectivity index (χ2v) is 4.73. The quantitative estimate of drug-likeness (QED) is 0.877. The molecule has 0 aliphatic rings. The first-order valence-corrected chi connectivity index (χ1v) is 6.34. The Hall–Kier alpha value is -2.21. The van der Waals surface area contributed by atoms with Crippen LogP contribution in [-0.4, -0.2) is 27.2 Å². The highest BCUT2D eigenvalue weighted by atomic mass is 35.5. The van der Waals surface area contributed by atoms with E-state index in [1.165, 1.54) is 4.68 Å². The number of carbonyl (C=O) groups is 2. The minimum atomic E-state index is -0.577. The van der Waals surface area contributed by atoms with Gasteiger partial charge in [0.15, 0.2) is 6.29 Å². The Morgan fingerprint density at radius 1 is 1.40 bits per heavy atom. The molecule has 1 amide bonds. The molecule has 1 unspecified atom stereocenters. The van der Waals surface area contributed by atoms with Crippen molar-refractivity contribution in [1.82, 2.24) is 15.0 Å². The zero-order valence-electron chi connectivity index (χ0n) is 11.0. The van der Waals surface area contributed by atoms with E-state index >= 15 is 0 Å². The van der Waals surface area contributed by atoms with Crippen molar-refractivity contribution in [2.75, 3.05) is 5.32 Å². The molecule has 1 heterocycles. The number of nitrogens with one attached hydrogen (secondary N) is 1. The molecule has 6 nitrogen and oxygen atoms in total. The fourth-order valence-electron chi connectivity index (χ4n) is 1.72. The summed E-state index contributed by atoms with van der Waals surface area (Å²) in [7, 11) is 0. The largest absolute Gasteiger partial charge is 0.324 e. The third kappa shape index (κ3) is 2.85. The van der Waals surface area contributed by atoms with E-state index in [0.717, 1.165) is 0 Å². The van der Waals surface area contributed by atoms with Crippen LogP contribution < -0.4 is 5.32 Å². The third-order valence-corrected chi connectivity index (χ3v) is 3.18. The molecular formula is C13H13ClN4O2. The van der Waals surface area contributed by atoms with Crippen LogP contribution in [0, 0.1) is 6.92 Å². The van der Waals surface area contributed by atoms with Crippen LogP contribution in [0.2, 0.25) is 5.02 Å². The molecule has 7 heteroatoms. The summed E-state index contributed by atoms with van der Waals surface area (Å²) < 4.78 is 1.41. The normalized spacial score (nSPS) is 11.9. The maximum absolute atomic E-state index is 12.1. The third-order valence-electron chi connectivity index (χ3n) is 2.93. The molecule has 0 aliphatic heterocycles. The molecule has 1 N–H and O–H groups in total. The van der Waals surface area contributed by atoms with Crippen LogP contribution in [0.5, 0.6) is 0 Å². The minimum absolute atomic E-state index is 0.233. The van der Waals surface area contributed by atoms with E-state index in [0.29, 0.717) is 22.7 Å². The molecule has 2 rings (SSSR count). The van der Waals surface area contributed by atoms with E-state index < -0.39 is 6.04 Å². The molecule has 0 spiro atoms. The van der Waals surface area contributed by atoms with Gasteiger partial charge in [0.1, 0.15) is 11.7 Å². The molecule has 20 heavy (non-hydrogen) atoms. The standard InChI is InChI=1S/C13H13ClN4O2/c1-8-12(7-19)16-17-18(8)9(2)13(20)15-11-5-3-10(14)4-6-11/h3-7,9H,1-2H3,(H,15,20). The van der Waals surface area contributed by atoms with Crippen molar-refractivity contribution in [2.45, 2.75) is 19.9 Å². The van der Waals surface area contributed by atoms with Crippen LogP contribution in [0.4, 0.5) is 5.69 Å². The average molecular weight is 293 g/mol. The summed E-state index contributed by atoms with van der Waals surface area (Å²) in [6, 6.07) is 6.21. The second kappa shape index (κ2) is 5.83.